The Morgan fingerprint density at radius 2 is 2.45 bits per heavy atom. The summed E-state index contributed by atoms with van der Waals surface area (Å²) in [5.41, 5.74) is 0.568. The SMILES string of the molecule is O=C(c1cc(Cl)c[nH]1)N1CCC[C@@H](Cn2ccnc2)C1. The summed E-state index contributed by atoms with van der Waals surface area (Å²) in [4.78, 5) is 21.3. The van der Waals surface area contributed by atoms with Crippen molar-refractivity contribution in [1.82, 2.24) is 19.4 Å². The van der Waals surface area contributed by atoms with Gasteiger partial charge in [-0.3, -0.25) is 4.79 Å². The second-order valence-electron chi connectivity index (χ2n) is 5.25. The van der Waals surface area contributed by atoms with E-state index < -0.39 is 0 Å². The number of rotatable bonds is 3. The van der Waals surface area contributed by atoms with Gasteiger partial charge in [-0.05, 0) is 24.8 Å². The molecule has 0 aliphatic carbocycles. The summed E-state index contributed by atoms with van der Waals surface area (Å²) in [7, 11) is 0. The van der Waals surface area contributed by atoms with Crippen LogP contribution in [-0.2, 0) is 6.54 Å². The maximum atomic E-state index is 12.4. The fourth-order valence-corrected chi connectivity index (χ4v) is 2.92. The molecule has 1 N–H and O–H groups in total. The average Bonchev–Trinajstić information content (AvgIpc) is 3.10. The summed E-state index contributed by atoms with van der Waals surface area (Å²) >= 11 is 5.85. The van der Waals surface area contributed by atoms with Crippen molar-refractivity contribution in [2.45, 2.75) is 19.4 Å². The Hall–Kier alpha value is -1.75. The first-order valence-electron chi connectivity index (χ1n) is 6.81. The molecule has 2 aromatic rings. The molecule has 0 spiro atoms. The summed E-state index contributed by atoms with van der Waals surface area (Å²) in [5.74, 6) is 0.513. The summed E-state index contributed by atoms with van der Waals surface area (Å²) in [6.45, 7) is 2.51. The van der Waals surface area contributed by atoms with E-state index in [4.69, 9.17) is 11.6 Å². The van der Waals surface area contributed by atoms with Gasteiger partial charge in [-0.1, -0.05) is 11.6 Å². The number of aromatic nitrogens is 3. The van der Waals surface area contributed by atoms with Crippen LogP contribution in [0.5, 0.6) is 0 Å². The van der Waals surface area contributed by atoms with Crippen molar-refractivity contribution < 1.29 is 4.79 Å². The number of carbonyl (C=O) groups is 1. The lowest BCUT2D eigenvalue weighted by Gasteiger charge is -2.32. The average molecular weight is 293 g/mol. The third kappa shape index (κ3) is 2.88. The molecule has 1 amide bonds. The minimum atomic E-state index is 0.0345. The predicted molar refractivity (Wildman–Crippen MR) is 76.7 cm³/mol. The van der Waals surface area contributed by atoms with Crippen molar-refractivity contribution >= 4 is 17.5 Å². The van der Waals surface area contributed by atoms with E-state index >= 15 is 0 Å². The number of hydrogen-bond donors (Lipinski definition) is 1. The number of nitrogens with zero attached hydrogens (tertiary/aromatic N) is 3. The van der Waals surface area contributed by atoms with Crippen LogP contribution in [0.25, 0.3) is 0 Å². The van der Waals surface area contributed by atoms with Crippen LogP contribution < -0.4 is 0 Å². The van der Waals surface area contributed by atoms with Gasteiger partial charge in [0.15, 0.2) is 0 Å². The molecule has 0 radical (unpaired) electrons. The Bertz CT molecular complexity index is 578. The number of piperidine rings is 1. The van der Waals surface area contributed by atoms with Crippen molar-refractivity contribution in [3.05, 3.63) is 41.7 Å². The normalized spacial score (nSPS) is 19.2. The lowest BCUT2D eigenvalue weighted by atomic mass is 9.97. The molecule has 0 saturated carbocycles. The molecule has 1 aliphatic heterocycles. The summed E-state index contributed by atoms with van der Waals surface area (Å²) in [6, 6.07) is 1.68. The van der Waals surface area contributed by atoms with Gasteiger partial charge in [0, 0.05) is 38.2 Å². The summed E-state index contributed by atoms with van der Waals surface area (Å²) in [5, 5.41) is 0.570. The van der Waals surface area contributed by atoms with E-state index in [1.807, 2.05) is 17.4 Å². The van der Waals surface area contributed by atoms with Gasteiger partial charge < -0.3 is 14.5 Å². The van der Waals surface area contributed by atoms with Crippen LogP contribution in [0.15, 0.2) is 31.0 Å². The van der Waals surface area contributed by atoms with Gasteiger partial charge in [0.05, 0.1) is 11.3 Å². The van der Waals surface area contributed by atoms with E-state index in [0.717, 1.165) is 32.5 Å². The Morgan fingerprint density at radius 1 is 1.55 bits per heavy atom. The Balaban J connectivity index is 1.64. The quantitative estimate of drug-likeness (QED) is 0.944. The standard InChI is InChI=1S/C14H17ClN4O/c15-12-6-13(17-7-12)14(20)19-4-1-2-11(9-19)8-18-5-3-16-10-18/h3,5-7,10-11,17H,1-2,4,8-9H2/t11-/m0/s1. The molecule has 0 bridgehead atoms. The zero-order chi connectivity index (χ0) is 13.9. The zero-order valence-electron chi connectivity index (χ0n) is 11.1. The number of hydrogen-bond acceptors (Lipinski definition) is 2. The fraction of sp³-hybridized carbons (Fsp3) is 0.429. The highest BCUT2D eigenvalue weighted by atomic mass is 35.5. The number of aromatic amines is 1. The second kappa shape index (κ2) is 5.71. The first-order valence-corrected chi connectivity index (χ1v) is 7.19. The molecule has 6 heteroatoms. The lowest BCUT2D eigenvalue weighted by molar-refractivity contribution is 0.0657. The van der Waals surface area contributed by atoms with Crippen LogP contribution in [0, 0.1) is 5.92 Å². The van der Waals surface area contributed by atoms with E-state index in [1.165, 1.54) is 0 Å². The second-order valence-corrected chi connectivity index (χ2v) is 5.69. The number of H-pyrrole nitrogens is 1. The van der Waals surface area contributed by atoms with Crippen LogP contribution >= 0.6 is 11.6 Å². The summed E-state index contributed by atoms with van der Waals surface area (Å²) < 4.78 is 2.07. The number of imidazole rings is 1. The highest BCUT2D eigenvalue weighted by Gasteiger charge is 2.25. The van der Waals surface area contributed by atoms with Gasteiger partial charge in [-0.15, -0.1) is 0 Å². The molecular weight excluding hydrogens is 276 g/mol. The van der Waals surface area contributed by atoms with Crippen LogP contribution in [0.2, 0.25) is 5.02 Å². The van der Waals surface area contributed by atoms with Crippen molar-refractivity contribution in [3.8, 4) is 0 Å². The number of likely N-dealkylation sites (tertiary alicyclic amines) is 1. The third-order valence-electron chi connectivity index (χ3n) is 3.71. The van der Waals surface area contributed by atoms with Gasteiger partial charge in [0.2, 0.25) is 0 Å². The Labute approximate surface area is 122 Å². The maximum Gasteiger partial charge on any atom is 0.270 e. The molecule has 0 aromatic carbocycles. The number of nitrogens with one attached hydrogen (secondary N) is 1. The molecule has 3 rings (SSSR count). The minimum Gasteiger partial charge on any atom is -0.356 e. The highest BCUT2D eigenvalue weighted by Crippen LogP contribution is 2.20. The molecule has 1 saturated heterocycles. The topological polar surface area (TPSA) is 53.9 Å². The molecule has 20 heavy (non-hydrogen) atoms. The van der Waals surface area contributed by atoms with Gasteiger partial charge in [0.25, 0.3) is 5.91 Å². The summed E-state index contributed by atoms with van der Waals surface area (Å²) in [6.07, 6.45) is 9.40. The van der Waals surface area contributed by atoms with Crippen molar-refractivity contribution in [3.63, 3.8) is 0 Å². The lowest BCUT2D eigenvalue weighted by Crippen LogP contribution is -2.41. The molecule has 1 atom stereocenters. The van der Waals surface area contributed by atoms with Crippen LogP contribution in [0.1, 0.15) is 23.3 Å². The Morgan fingerprint density at radius 3 is 3.15 bits per heavy atom. The maximum absolute atomic E-state index is 12.4. The van der Waals surface area contributed by atoms with E-state index in [9.17, 15) is 4.79 Å². The van der Waals surface area contributed by atoms with E-state index in [-0.39, 0.29) is 5.91 Å². The molecule has 106 valence electrons. The van der Waals surface area contributed by atoms with Gasteiger partial charge in [0.1, 0.15) is 5.69 Å². The van der Waals surface area contributed by atoms with Crippen LogP contribution in [0.3, 0.4) is 0 Å². The number of halogens is 1. The highest BCUT2D eigenvalue weighted by molar-refractivity contribution is 6.30. The van der Waals surface area contributed by atoms with Gasteiger partial charge in [-0.2, -0.15) is 0 Å². The van der Waals surface area contributed by atoms with Crippen LogP contribution in [-0.4, -0.2) is 38.4 Å². The molecular formula is C14H17ClN4O. The van der Waals surface area contributed by atoms with Crippen molar-refractivity contribution in [1.29, 1.82) is 0 Å². The number of amides is 1. The zero-order valence-corrected chi connectivity index (χ0v) is 11.9. The van der Waals surface area contributed by atoms with E-state index in [0.29, 0.717) is 16.6 Å². The molecule has 5 nitrogen and oxygen atoms in total. The first-order chi connectivity index (χ1) is 9.72. The molecule has 3 heterocycles. The molecule has 2 aromatic heterocycles. The van der Waals surface area contributed by atoms with Crippen molar-refractivity contribution in [2.75, 3.05) is 13.1 Å². The Kier molecular flexibility index (Phi) is 3.78. The van der Waals surface area contributed by atoms with Crippen LogP contribution in [0.4, 0.5) is 0 Å². The molecule has 0 unspecified atom stereocenters. The number of carbonyl (C=O) groups excluding carboxylic acids is 1. The van der Waals surface area contributed by atoms with Crippen molar-refractivity contribution in [2.24, 2.45) is 5.92 Å². The largest absolute Gasteiger partial charge is 0.356 e. The monoisotopic (exact) mass is 292 g/mol. The third-order valence-corrected chi connectivity index (χ3v) is 3.93. The minimum absolute atomic E-state index is 0.0345. The fourth-order valence-electron chi connectivity index (χ4n) is 2.75. The molecule has 1 fully saturated rings. The predicted octanol–water partition coefficient (Wildman–Crippen LogP) is 2.42. The molecule has 1 aliphatic rings. The van der Waals surface area contributed by atoms with E-state index in [1.54, 1.807) is 18.5 Å². The smallest absolute Gasteiger partial charge is 0.270 e. The van der Waals surface area contributed by atoms with Gasteiger partial charge in [-0.25, -0.2) is 4.98 Å². The first kappa shape index (κ1) is 13.2. The van der Waals surface area contributed by atoms with Gasteiger partial charge >= 0.3 is 0 Å². The van der Waals surface area contributed by atoms with E-state index in [2.05, 4.69) is 14.5 Å².